The maximum absolute atomic E-state index is 11.3. The van der Waals surface area contributed by atoms with Gasteiger partial charge >= 0.3 is 6.03 Å². The molecule has 0 unspecified atom stereocenters. The van der Waals surface area contributed by atoms with Crippen LogP contribution in [0.5, 0.6) is 0 Å². The van der Waals surface area contributed by atoms with Crippen molar-refractivity contribution in [2.75, 3.05) is 5.32 Å². The van der Waals surface area contributed by atoms with E-state index in [2.05, 4.69) is 16.6 Å². The van der Waals surface area contributed by atoms with E-state index in [1.807, 2.05) is 13.8 Å². The third kappa shape index (κ3) is 3.74. The van der Waals surface area contributed by atoms with Gasteiger partial charge in [0.25, 0.3) is 0 Å². The number of anilines is 1. The van der Waals surface area contributed by atoms with Crippen LogP contribution in [0, 0.1) is 12.3 Å². The summed E-state index contributed by atoms with van der Waals surface area (Å²) in [6, 6.07) is 7.02. The molecule has 0 aliphatic rings. The van der Waals surface area contributed by atoms with Crippen LogP contribution in [0.4, 0.5) is 10.5 Å². The Morgan fingerprint density at radius 1 is 1.33 bits per heavy atom. The second-order valence-electron chi connectivity index (χ2n) is 3.47. The van der Waals surface area contributed by atoms with Gasteiger partial charge in [0.1, 0.15) is 0 Å². The standard InChI is InChI=1S/C12H14N2O/c1-4-10-5-7-11(8-6-10)14-12(15)13-9(2)3/h1,5-9H,2-3H3,(H2,13,14,15). The first-order chi connectivity index (χ1) is 7.11. The van der Waals surface area contributed by atoms with Crippen molar-refractivity contribution in [3.05, 3.63) is 29.8 Å². The fourth-order valence-corrected chi connectivity index (χ4v) is 1.08. The summed E-state index contributed by atoms with van der Waals surface area (Å²) in [7, 11) is 0. The van der Waals surface area contributed by atoms with Crippen molar-refractivity contribution >= 4 is 11.7 Å². The number of hydrogen-bond donors (Lipinski definition) is 2. The number of terminal acetylenes is 1. The Labute approximate surface area is 89.9 Å². The van der Waals surface area contributed by atoms with Crippen molar-refractivity contribution in [1.29, 1.82) is 0 Å². The Morgan fingerprint density at radius 3 is 2.40 bits per heavy atom. The zero-order valence-electron chi connectivity index (χ0n) is 8.87. The SMILES string of the molecule is C#Cc1ccc(NC(=O)NC(C)C)cc1. The molecule has 2 N–H and O–H groups in total. The Morgan fingerprint density at radius 2 is 1.93 bits per heavy atom. The molecule has 15 heavy (non-hydrogen) atoms. The zero-order chi connectivity index (χ0) is 11.3. The second-order valence-corrected chi connectivity index (χ2v) is 3.47. The number of carbonyl (C=O) groups excluding carboxylic acids is 1. The lowest BCUT2D eigenvalue weighted by Crippen LogP contribution is -2.34. The molecule has 0 saturated heterocycles. The number of amides is 2. The zero-order valence-corrected chi connectivity index (χ0v) is 8.87. The molecule has 0 aliphatic heterocycles. The maximum atomic E-state index is 11.3. The summed E-state index contributed by atoms with van der Waals surface area (Å²) in [5, 5.41) is 5.44. The molecule has 0 atom stereocenters. The quantitative estimate of drug-likeness (QED) is 0.709. The van der Waals surface area contributed by atoms with Crippen LogP contribution in [0.15, 0.2) is 24.3 Å². The number of hydrogen-bond acceptors (Lipinski definition) is 1. The second kappa shape index (κ2) is 5.06. The van der Waals surface area contributed by atoms with E-state index in [1.54, 1.807) is 24.3 Å². The molecule has 1 rings (SSSR count). The first-order valence-corrected chi connectivity index (χ1v) is 4.76. The lowest BCUT2D eigenvalue weighted by molar-refractivity contribution is 0.250. The van der Waals surface area contributed by atoms with Crippen LogP contribution < -0.4 is 10.6 Å². The van der Waals surface area contributed by atoms with Crippen LogP contribution in [0.1, 0.15) is 19.4 Å². The molecular formula is C12H14N2O. The first kappa shape index (κ1) is 11.1. The van der Waals surface area contributed by atoms with Crippen molar-refractivity contribution < 1.29 is 4.79 Å². The van der Waals surface area contributed by atoms with Gasteiger partial charge in [0.2, 0.25) is 0 Å². The van der Waals surface area contributed by atoms with E-state index in [1.165, 1.54) is 0 Å². The fourth-order valence-electron chi connectivity index (χ4n) is 1.08. The van der Waals surface area contributed by atoms with Gasteiger partial charge in [-0.15, -0.1) is 6.42 Å². The molecule has 0 bridgehead atoms. The highest BCUT2D eigenvalue weighted by molar-refractivity contribution is 5.89. The number of rotatable bonds is 2. The van der Waals surface area contributed by atoms with Gasteiger partial charge in [-0.25, -0.2) is 4.79 Å². The van der Waals surface area contributed by atoms with Crippen molar-refractivity contribution in [3.8, 4) is 12.3 Å². The number of carbonyl (C=O) groups is 1. The van der Waals surface area contributed by atoms with Gasteiger partial charge in [0.15, 0.2) is 0 Å². The highest BCUT2D eigenvalue weighted by Gasteiger charge is 2.02. The van der Waals surface area contributed by atoms with E-state index in [4.69, 9.17) is 6.42 Å². The molecular weight excluding hydrogens is 188 g/mol. The summed E-state index contributed by atoms with van der Waals surface area (Å²) in [6.45, 7) is 3.81. The smallest absolute Gasteiger partial charge is 0.319 e. The molecule has 2 amide bonds. The van der Waals surface area contributed by atoms with Crippen LogP contribution in [0.25, 0.3) is 0 Å². The number of benzene rings is 1. The van der Waals surface area contributed by atoms with Gasteiger partial charge in [-0.3, -0.25) is 0 Å². The Bertz CT molecular complexity index is 374. The van der Waals surface area contributed by atoms with E-state index in [-0.39, 0.29) is 12.1 Å². The lowest BCUT2D eigenvalue weighted by Gasteiger charge is -2.09. The van der Waals surface area contributed by atoms with Crippen LogP contribution in [0.2, 0.25) is 0 Å². The maximum Gasteiger partial charge on any atom is 0.319 e. The van der Waals surface area contributed by atoms with Crippen LogP contribution >= 0.6 is 0 Å². The lowest BCUT2D eigenvalue weighted by atomic mass is 10.2. The molecule has 1 aromatic rings. The summed E-state index contributed by atoms with van der Waals surface area (Å²) >= 11 is 0. The van der Waals surface area contributed by atoms with E-state index in [0.717, 1.165) is 11.3 Å². The van der Waals surface area contributed by atoms with E-state index in [0.29, 0.717) is 0 Å². The van der Waals surface area contributed by atoms with Crippen LogP contribution in [-0.4, -0.2) is 12.1 Å². The summed E-state index contributed by atoms with van der Waals surface area (Å²) in [5.41, 5.74) is 1.52. The normalized spacial score (nSPS) is 9.47. The molecule has 1 aromatic carbocycles. The van der Waals surface area contributed by atoms with E-state index >= 15 is 0 Å². The topological polar surface area (TPSA) is 41.1 Å². The van der Waals surface area contributed by atoms with Crippen molar-refractivity contribution in [1.82, 2.24) is 5.32 Å². The van der Waals surface area contributed by atoms with Crippen molar-refractivity contribution in [3.63, 3.8) is 0 Å². The molecule has 78 valence electrons. The predicted molar refractivity (Wildman–Crippen MR) is 61.7 cm³/mol. The van der Waals surface area contributed by atoms with Gasteiger partial charge < -0.3 is 10.6 Å². The third-order valence-corrected chi connectivity index (χ3v) is 1.73. The van der Waals surface area contributed by atoms with Crippen molar-refractivity contribution in [2.24, 2.45) is 0 Å². The molecule has 0 fully saturated rings. The largest absolute Gasteiger partial charge is 0.336 e. The van der Waals surface area contributed by atoms with E-state index in [9.17, 15) is 4.79 Å². The molecule has 0 radical (unpaired) electrons. The minimum absolute atomic E-state index is 0.120. The van der Waals surface area contributed by atoms with Gasteiger partial charge in [-0.2, -0.15) is 0 Å². The fraction of sp³-hybridized carbons (Fsp3) is 0.250. The third-order valence-electron chi connectivity index (χ3n) is 1.73. The minimum Gasteiger partial charge on any atom is -0.336 e. The molecule has 0 spiro atoms. The average Bonchev–Trinajstić information content (AvgIpc) is 2.17. The highest BCUT2D eigenvalue weighted by atomic mass is 16.2. The Balaban J connectivity index is 2.58. The molecule has 3 nitrogen and oxygen atoms in total. The van der Waals surface area contributed by atoms with Gasteiger partial charge in [0, 0.05) is 17.3 Å². The summed E-state index contributed by atoms with van der Waals surface area (Å²) < 4.78 is 0. The highest BCUT2D eigenvalue weighted by Crippen LogP contribution is 2.08. The van der Waals surface area contributed by atoms with Gasteiger partial charge in [0.05, 0.1) is 0 Å². The van der Waals surface area contributed by atoms with Gasteiger partial charge in [-0.1, -0.05) is 5.92 Å². The monoisotopic (exact) mass is 202 g/mol. The molecule has 3 heteroatoms. The molecule has 0 saturated carbocycles. The Kier molecular flexibility index (Phi) is 3.75. The minimum atomic E-state index is -0.210. The number of urea groups is 1. The van der Waals surface area contributed by atoms with Crippen molar-refractivity contribution in [2.45, 2.75) is 19.9 Å². The van der Waals surface area contributed by atoms with E-state index < -0.39 is 0 Å². The predicted octanol–water partition coefficient (Wildman–Crippen LogP) is 2.20. The number of nitrogens with one attached hydrogen (secondary N) is 2. The van der Waals surface area contributed by atoms with Gasteiger partial charge in [-0.05, 0) is 38.1 Å². The average molecular weight is 202 g/mol. The summed E-state index contributed by atoms with van der Waals surface area (Å²) in [4.78, 5) is 11.3. The molecule has 0 aliphatic carbocycles. The Hall–Kier alpha value is -1.95. The molecule has 0 aromatic heterocycles. The van der Waals surface area contributed by atoms with Crippen LogP contribution in [-0.2, 0) is 0 Å². The summed E-state index contributed by atoms with van der Waals surface area (Å²) in [5.74, 6) is 2.51. The molecule has 0 heterocycles. The first-order valence-electron chi connectivity index (χ1n) is 4.76. The van der Waals surface area contributed by atoms with Crippen LogP contribution in [0.3, 0.4) is 0 Å². The summed E-state index contributed by atoms with van der Waals surface area (Å²) in [6.07, 6.45) is 5.22.